The number of hydrogen-bond donors (Lipinski definition) is 0. The third-order valence-corrected chi connectivity index (χ3v) is 3.95. The molecule has 2 aromatic rings. The third kappa shape index (κ3) is 2.22. The Hall–Kier alpha value is -1.13. The van der Waals surface area contributed by atoms with Crippen molar-refractivity contribution in [3.63, 3.8) is 0 Å². The molecule has 3 rings (SSSR count). The van der Waals surface area contributed by atoms with Crippen LogP contribution in [-0.2, 0) is 6.42 Å². The number of rotatable bonds is 2. The van der Waals surface area contributed by atoms with Crippen molar-refractivity contribution in [3.8, 4) is 0 Å². The highest BCUT2D eigenvalue weighted by Crippen LogP contribution is 2.21. The van der Waals surface area contributed by atoms with Crippen LogP contribution in [0.25, 0.3) is 5.65 Å². The zero-order valence-electron chi connectivity index (χ0n) is 10.5. The van der Waals surface area contributed by atoms with Crippen LogP contribution in [0.5, 0.6) is 0 Å². The lowest BCUT2D eigenvalue weighted by Gasteiger charge is -2.29. The molecule has 0 aromatic carbocycles. The highest BCUT2D eigenvalue weighted by molar-refractivity contribution is 6.33. The average molecular weight is 265 g/mol. The Morgan fingerprint density at radius 2 is 2.33 bits per heavy atom. The van der Waals surface area contributed by atoms with Crippen LogP contribution >= 0.6 is 11.6 Å². The van der Waals surface area contributed by atoms with E-state index in [2.05, 4.69) is 22.1 Å². The van der Waals surface area contributed by atoms with Crippen molar-refractivity contribution in [2.24, 2.45) is 5.92 Å². The van der Waals surface area contributed by atoms with Crippen LogP contribution in [0.2, 0.25) is 5.02 Å². The van der Waals surface area contributed by atoms with Gasteiger partial charge in [0.25, 0.3) is 0 Å². The Balaban J connectivity index is 1.84. The van der Waals surface area contributed by atoms with Crippen LogP contribution in [0.4, 0.5) is 0 Å². The highest BCUT2D eigenvalue weighted by atomic mass is 35.5. The second-order valence-corrected chi connectivity index (χ2v) is 5.55. The van der Waals surface area contributed by atoms with Gasteiger partial charge in [0.05, 0.1) is 5.02 Å². The predicted octanol–water partition coefficient (Wildman–Crippen LogP) is 2.27. The first kappa shape index (κ1) is 11.9. The Morgan fingerprint density at radius 1 is 1.44 bits per heavy atom. The van der Waals surface area contributed by atoms with Gasteiger partial charge < -0.3 is 4.90 Å². The van der Waals surface area contributed by atoms with Crippen molar-refractivity contribution in [1.29, 1.82) is 0 Å². The quantitative estimate of drug-likeness (QED) is 0.834. The van der Waals surface area contributed by atoms with E-state index >= 15 is 0 Å². The van der Waals surface area contributed by atoms with E-state index in [0.717, 1.165) is 24.4 Å². The molecule has 2 aromatic heterocycles. The highest BCUT2D eigenvalue weighted by Gasteiger charge is 2.20. The van der Waals surface area contributed by atoms with E-state index in [0.29, 0.717) is 10.9 Å². The largest absolute Gasteiger partial charge is 0.306 e. The number of hydrogen-bond acceptors (Lipinski definition) is 3. The minimum Gasteiger partial charge on any atom is -0.306 e. The molecule has 0 spiro atoms. The van der Waals surface area contributed by atoms with Crippen molar-refractivity contribution in [1.82, 2.24) is 19.5 Å². The normalized spacial score (nSPS) is 21.6. The number of likely N-dealkylation sites (tertiary alicyclic amines) is 1. The number of piperidine rings is 1. The monoisotopic (exact) mass is 264 g/mol. The summed E-state index contributed by atoms with van der Waals surface area (Å²) in [6.07, 6.45) is 5.52. The van der Waals surface area contributed by atoms with E-state index in [-0.39, 0.29) is 0 Å². The summed E-state index contributed by atoms with van der Waals surface area (Å²) in [5, 5.41) is 9.12. The summed E-state index contributed by atoms with van der Waals surface area (Å²) in [5.41, 5.74) is 0.762. The summed E-state index contributed by atoms with van der Waals surface area (Å²) in [7, 11) is 2.19. The summed E-state index contributed by atoms with van der Waals surface area (Å²) in [6.45, 7) is 2.36. The van der Waals surface area contributed by atoms with Crippen LogP contribution in [0, 0.1) is 5.92 Å². The summed E-state index contributed by atoms with van der Waals surface area (Å²) in [6, 6.07) is 3.79. The number of fused-ring (bicyclic) bond motifs is 1. The van der Waals surface area contributed by atoms with Crippen LogP contribution in [0.3, 0.4) is 0 Å². The topological polar surface area (TPSA) is 33.4 Å². The maximum Gasteiger partial charge on any atom is 0.179 e. The second-order valence-electron chi connectivity index (χ2n) is 5.14. The van der Waals surface area contributed by atoms with Gasteiger partial charge in [-0.1, -0.05) is 11.6 Å². The fraction of sp³-hybridized carbons (Fsp3) is 0.538. The molecule has 1 aliphatic heterocycles. The van der Waals surface area contributed by atoms with Gasteiger partial charge in [0.2, 0.25) is 0 Å². The van der Waals surface area contributed by atoms with E-state index in [9.17, 15) is 0 Å². The average Bonchev–Trinajstić information content (AvgIpc) is 2.74. The minimum atomic E-state index is 0.664. The minimum absolute atomic E-state index is 0.664. The molecule has 0 saturated carbocycles. The molecule has 1 aliphatic rings. The molecule has 0 aliphatic carbocycles. The van der Waals surface area contributed by atoms with Gasteiger partial charge in [-0.3, -0.25) is 4.40 Å². The molecular formula is C13H17ClN4. The predicted molar refractivity (Wildman–Crippen MR) is 71.9 cm³/mol. The molecule has 0 radical (unpaired) electrons. The smallest absolute Gasteiger partial charge is 0.179 e. The van der Waals surface area contributed by atoms with Crippen LogP contribution in [0.15, 0.2) is 18.3 Å². The first-order valence-electron chi connectivity index (χ1n) is 6.40. The molecule has 0 bridgehead atoms. The molecule has 3 heterocycles. The van der Waals surface area contributed by atoms with Crippen molar-refractivity contribution in [2.75, 3.05) is 20.1 Å². The standard InChI is InChI=1S/C13H17ClN4/c1-17-6-2-4-10(9-17)8-12-15-16-13-11(14)5-3-7-18(12)13/h3,5,7,10H,2,4,6,8-9H2,1H3. The van der Waals surface area contributed by atoms with Crippen molar-refractivity contribution in [2.45, 2.75) is 19.3 Å². The van der Waals surface area contributed by atoms with Crippen LogP contribution in [-0.4, -0.2) is 39.6 Å². The van der Waals surface area contributed by atoms with Gasteiger partial charge >= 0.3 is 0 Å². The molecule has 1 fully saturated rings. The molecule has 96 valence electrons. The van der Waals surface area contributed by atoms with Gasteiger partial charge in [-0.2, -0.15) is 0 Å². The molecule has 1 unspecified atom stereocenters. The number of halogens is 1. The summed E-state index contributed by atoms with van der Waals surface area (Å²) >= 11 is 6.10. The van der Waals surface area contributed by atoms with E-state index < -0.39 is 0 Å². The van der Waals surface area contributed by atoms with Gasteiger partial charge in [-0.25, -0.2) is 0 Å². The molecular weight excluding hydrogens is 248 g/mol. The molecule has 1 saturated heterocycles. The summed E-state index contributed by atoms with van der Waals surface area (Å²) in [4.78, 5) is 2.39. The Bertz CT molecular complexity index is 551. The van der Waals surface area contributed by atoms with E-state index in [1.165, 1.54) is 19.4 Å². The molecule has 1 atom stereocenters. The molecule has 0 N–H and O–H groups in total. The fourth-order valence-corrected chi connectivity index (χ4v) is 2.97. The summed E-state index contributed by atoms with van der Waals surface area (Å²) < 4.78 is 2.01. The molecule has 0 amide bonds. The Morgan fingerprint density at radius 3 is 3.17 bits per heavy atom. The second kappa shape index (κ2) is 4.86. The maximum absolute atomic E-state index is 6.10. The lowest BCUT2D eigenvalue weighted by molar-refractivity contribution is 0.207. The maximum atomic E-state index is 6.10. The fourth-order valence-electron chi connectivity index (χ4n) is 2.77. The first-order chi connectivity index (χ1) is 8.74. The van der Waals surface area contributed by atoms with E-state index in [1.54, 1.807) is 0 Å². The lowest BCUT2D eigenvalue weighted by Crippen LogP contribution is -2.33. The van der Waals surface area contributed by atoms with Gasteiger partial charge in [0, 0.05) is 19.2 Å². The molecule has 18 heavy (non-hydrogen) atoms. The number of nitrogens with zero attached hydrogens (tertiary/aromatic N) is 4. The number of aromatic nitrogens is 3. The molecule has 5 heteroatoms. The van der Waals surface area contributed by atoms with Gasteiger partial charge in [-0.05, 0) is 44.5 Å². The Labute approximate surface area is 112 Å². The van der Waals surface area contributed by atoms with Crippen LogP contribution < -0.4 is 0 Å². The summed E-state index contributed by atoms with van der Waals surface area (Å²) in [5.74, 6) is 1.70. The van der Waals surface area contributed by atoms with Crippen LogP contribution in [0.1, 0.15) is 18.7 Å². The third-order valence-electron chi connectivity index (χ3n) is 3.65. The molecule has 4 nitrogen and oxygen atoms in total. The zero-order valence-corrected chi connectivity index (χ0v) is 11.3. The van der Waals surface area contributed by atoms with Crippen molar-refractivity contribution >= 4 is 17.2 Å². The Kier molecular flexibility index (Phi) is 3.22. The van der Waals surface area contributed by atoms with Crippen molar-refractivity contribution in [3.05, 3.63) is 29.2 Å². The van der Waals surface area contributed by atoms with Gasteiger partial charge in [0.1, 0.15) is 5.82 Å². The number of pyridine rings is 1. The SMILES string of the molecule is CN1CCCC(Cc2nnc3c(Cl)cccn23)C1. The van der Waals surface area contributed by atoms with E-state index in [1.807, 2.05) is 22.7 Å². The zero-order chi connectivity index (χ0) is 12.5. The van der Waals surface area contributed by atoms with Crippen molar-refractivity contribution < 1.29 is 0 Å². The van der Waals surface area contributed by atoms with E-state index in [4.69, 9.17) is 11.6 Å². The first-order valence-corrected chi connectivity index (χ1v) is 6.78. The van der Waals surface area contributed by atoms with Gasteiger partial charge in [-0.15, -0.1) is 10.2 Å². The lowest BCUT2D eigenvalue weighted by atomic mass is 9.95. The van der Waals surface area contributed by atoms with Gasteiger partial charge in [0.15, 0.2) is 5.65 Å².